The van der Waals surface area contributed by atoms with Crippen LogP contribution in [0.3, 0.4) is 0 Å². The highest BCUT2D eigenvalue weighted by molar-refractivity contribution is 5.99. The normalized spacial score (nSPS) is 10.8. The fraction of sp³-hybridized carbons (Fsp3) is 0. The number of hydrogen-bond donors (Lipinski definition) is 4. The molecule has 0 atom stereocenters. The van der Waals surface area contributed by atoms with Crippen molar-refractivity contribution in [1.82, 2.24) is 0 Å². The van der Waals surface area contributed by atoms with Gasteiger partial charge in [0, 0.05) is 23.8 Å². The van der Waals surface area contributed by atoms with Crippen LogP contribution in [0.5, 0.6) is 23.0 Å². The van der Waals surface area contributed by atoms with Crippen molar-refractivity contribution < 1.29 is 24.8 Å². The number of aromatic hydroxyl groups is 4. The first kappa shape index (κ1) is 14.4. The van der Waals surface area contributed by atoms with Gasteiger partial charge in [-0.05, 0) is 17.3 Å². The summed E-state index contributed by atoms with van der Waals surface area (Å²) in [5.41, 5.74) is -2.06. The molecule has 0 saturated heterocycles. The lowest BCUT2D eigenvalue weighted by molar-refractivity contribution is 0.448. The van der Waals surface area contributed by atoms with Gasteiger partial charge in [-0.3, -0.25) is 0 Å². The third kappa shape index (κ3) is 2.22. The number of rotatable bonds is 2. The molecule has 8 nitrogen and oxygen atoms in total. The van der Waals surface area contributed by atoms with Crippen LogP contribution in [0.4, 0.5) is 5.69 Å². The van der Waals surface area contributed by atoms with Crippen LogP contribution in [-0.2, 0) is 0 Å². The van der Waals surface area contributed by atoms with Crippen molar-refractivity contribution in [2.24, 2.45) is 5.18 Å². The minimum absolute atomic E-state index is 0.0964. The summed E-state index contributed by atoms with van der Waals surface area (Å²) in [6, 6.07) is 5.43. The molecule has 0 radical (unpaired) electrons. The Morgan fingerprint density at radius 3 is 2.35 bits per heavy atom. The van der Waals surface area contributed by atoms with Crippen molar-refractivity contribution in [1.29, 1.82) is 0 Å². The van der Waals surface area contributed by atoms with E-state index in [9.17, 15) is 30.1 Å². The zero-order chi connectivity index (χ0) is 16.7. The molecule has 2 aromatic carbocycles. The Morgan fingerprint density at radius 2 is 1.70 bits per heavy atom. The van der Waals surface area contributed by atoms with E-state index in [0.29, 0.717) is 0 Å². The molecule has 3 rings (SSSR count). The van der Waals surface area contributed by atoms with E-state index >= 15 is 0 Å². The largest absolute Gasteiger partial charge is 0.508 e. The molecule has 0 aliphatic rings. The maximum atomic E-state index is 12.1. The summed E-state index contributed by atoms with van der Waals surface area (Å²) in [6.45, 7) is 0. The first-order valence-electron chi connectivity index (χ1n) is 6.31. The van der Waals surface area contributed by atoms with Crippen molar-refractivity contribution >= 4 is 16.7 Å². The number of fused-ring (bicyclic) bond motifs is 1. The Kier molecular flexibility index (Phi) is 3.14. The van der Waals surface area contributed by atoms with Gasteiger partial charge >= 0.3 is 5.63 Å². The summed E-state index contributed by atoms with van der Waals surface area (Å²) >= 11 is 0. The lowest BCUT2D eigenvalue weighted by Gasteiger charge is -2.09. The van der Waals surface area contributed by atoms with E-state index in [4.69, 9.17) is 4.42 Å². The van der Waals surface area contributed by atoms with E-state index in [1.54, 1.807) is 0 Å². The minimum Gasteiger partial charge on any atom is -0.508 e. The quantitative estimate of drug-likeness (QED) is 0.421. The standard InChI is InChI=1S/C15H9NO7/c17-6-1-2-8(10(19)4-6)12-14(20)13-9(16-22)3-7(18)5-11(13)23-15(12)21/h1-5,17-20H. The highest BCUT2D eigenvalue weighted by Crippen LogP contribution is 2.42. The van der Waals surface area contributed by atoms with Crippen LogP contribution in [0.25, 0.3) is 22.1 Å². The van der Waals surface area contributed by atoms with Gasteiger partial charge in [0.2, 0.25) is 0 Å². The van der Waals surface area contributed by atoms with E-state index < -0.39 is 22.7 Å². The number of phenolic OH excluding ortho intramolecular Hbond substituents is 3. The number of phenols is 3. The molecule has 0 aliphatic heterocycles. The second kappa shape index (κ2) is 5.02. The van der Waals surface area contributed by atoms with E-state index in [-0.39, 0.29) is 33.7 Å². The average molecular weight is 315 g/mol. The second-order valence-corrected chi connectivity index (χ2v) is 4.74. The number of nitrogens with zero attached hydrogens (tertiary/aromatic N) is 1. The highest BCUT2D eigenvalue weighted by Gasteiger charge is 2.22. The predicted octanol–water partition coefficient (Wildman–Crippen LogP) is 2.68. The van der Waals surface area contributed by atoms with Crippen molar-refractivity contribution in [3.8, 4) is 34.1 Å². The molecule has 0 saturated carbocycles. The molecule has 8 heteroatoms. The van der Waals surface area contributed by atoms with Crippen LogP contribution in [0.2, 0.25) is 0 Å². The molecular weight excluding hydrogens is 306 g/mol. The third-order valence-electron chi connectivity index (χ3n) is 3.30. The fourth-order valence-electron chi connectivity index (χ4n) is 2.32. The van der Waals surface area contributed by atoms with Crippen LogP contribution in [0.1, 0.15) is 0 Å². The predicted molar refractivity (Wildman–Crippen MR) is 80.0 cm³/mol. The maximum absolute atomic E-state index is 12.1. The van der Waals surface area contributed by atoms with E-state index in [2.05, 4.69) is 5.18 Å². The average Bonchev–Trinajstić information content (AvgIpc) is 2.47. The number of benzene rings is 2. The first-order chi connectivity index (χ1) is 10.9. The maximum Gasteiger partial charge on any atom is 0.348 e. The monoisotopic (exact) mass is 315 g/mol. The van der Waals surface area contributed by atoms with Gasteiger partial charge in [0.05, 0.1) is 5.39 Å². The molecule has 23 heavy (non-hydrogen) atoms. The summed E-state index contributed by atoms with van der Waals surface area (Å²) in [6.07, 6.45) is 0. The van der Waals surface area contributed by atoms with Gasteiger partial charge in [-0.25, -0.2) is 4.79 Å². The Hall–Kier alpha value is -3.55. The Labute approximate surface area is 127 Å². The van der Waals surface area contributed by atoms with E-state index in [0.717, 1.165) is 18.2 Å². The van der Waals surface area contributed by atoms with Crippen LogP contribution >= 0.6 is 0 Å². The van der Waals surface area contributed by atoms with Crippen LogP contribution in [0, 0.1) is 4.91 Å². The molecule has 1 aromatic heterocycles. The van der Waals surface area contributed by atoms with Crippen LogP contribution in [0.15, 0.2) is 44.7 Å². The summed E-state index contributed by atoms with van der Waals surface area (Å²) < 4.78 is 4.99. The zero-order valence-electron chi connectivity index (χ0n) is 11.3. The molecule has 0 fully saturated rings. The van der Waals surface area contributed by atoms with Crippen molar-refractivity contribution in [3.63, 3.8) is 0 Å². The lowest BCUT2D eigenvalue weighted by atomic mass is 10.0. The summed E-state index contributed by atoms with van der Waals surface area (Å²) in [7, 11) is 0. The number of hydrogen-bond acceptors (Lipinski definition) is 8. The fourth-order valence-corrected chi connectivity index (χ4v) is 2.32. The van der Waals surface area contributed by atoms with Crippen molar-refractivity contribution in [3.05, 3.63) is 45.7 Å². The van der Waals surface area contributed by atoms with Gasteiger partial charge in [-0.15, -0.1) is 4.91 Å². The molecule has 4 N–H and O–H groups in total. The van der Waals surface area contributed by atoms with Gasteiger partial charge < -0.3 is 24.8 Å². The second-order valence-electron chi connectivity index (χ2n) is 4.74. The van der Waals surface area contributed by atoms with E-state index in [1.807, 2.05) is 0 Å². The Morgan fingerprint density at radius 1 is 0.957 bits per heavy atom. The summed E-state index contributed by atoms with van der Waals surface area (Å²) in [5, 5.41) is 41.5. The molecule has 0 bridgehead atoms. The van der Waals surface area contributed by atoms with Crippen molar-refractivity contribution in [2.45, 2.75) is 0 Å². The van der Waals surface area contributed by atoms with E-state index in [1.165, 1.54) is 12.1 Å². The minimum atomic E-state index is -1.00. The molecule has 116 valence electrons. The Bertz CT molecular complexity index is 1010. The lowest BCUT2D eigenvalue weighted by Crippen LogP contribution is -2.03. The third-order valence-corrected chi connectivity index (χ3v) is 3.30. The van der Waals surface area contributed by atoms with Gasteiger partial charge in [0.1, 0.15) is 39.8 Å². The smallest absolute Gasteiger partial charge is 0.348 e. The van der Waals surface area contributed by atoms with Gasteiger partial charge in [-0.2, -0.15) is 0 Å². The van der Waals surface area contributed by atoms with Crippen LogP contribution in [-0.4, -0.2) is 20.4 Å². The molecule has 0 unspecified atom stereocenters. The van der Waals surface area contributed by atoms with Gasteiger partial charge in [-0.1, -0.05) is 0 Å². The molecule has 0 spiro atoms. The molecular formula is C15H9NO7. The van der Waals surface area contributed by atoms with Gasteiger partial charge in [0.15, 0.2) is 0 Å². The number of nitroso groups, excluding NO2 is 1. The van der Waals surface area contributed by atoms with Crippen molar-refractivity contribution in [2.75, 3.05) is 0 Å². The summed E-state index contributed by atoms with van der Waals surface area (Å²) in [4.78, 5) is 23.0. The zero-order valence-corrected chi connectivity index (χ0v) is 11.3. The Balaban J connectivity index is 2.45. The first-order valence-corrected chi connectivity index (χ1v) is 6.31. The summed E-state index contributed by atoms with van der Waals surface area (Å²) in [5.74, 6) is -1.70. The van der Waals surface area contributed by atoms with Crippen LogP contribution < -0.4 is 5.63 Å². The molecule has 1 heterocycles. The van der Waals surface area contributed by atoms with Gasteiger partial charge in [0.25, 0.3) is 0 Å². The highest BCUT2D eigenvalue weighted by atomic mass is 16.4. The topological polar surface area (TPSA) is 141 Å². The SMILES string of the molecule is O=Nc1cc(O)cc2oc(=O)c(-c3ccc(O)cc3O)c(O)c12. The molecule has 0 amide bonds. The molecule has 0 aliphatic carbocycles. The molecule has 3 aromatic rings.